The molecule has 1 rings (SSSR count). The molecule has 3 amide bonds. The summed E-state index contributed by atoms with van der Waals surface area (Å²) in [5, 5.41) is 7.53. The van der Waals surface area contributed by atoms with E-state index < -0.39 is 18.0 Å². The van der Waals surface area contributed by atoms with E-state index in [9.17, 15) is 14.4 Å². The lowest BCUT2D eigenvalue weighted by Gasteiger charge is -2.14. The Morgan fingerprint density at radius 2 is 2.00 bits per heavy atom. The van der Waals surface area contributed by atoms with E-state index in [1.165, 1.54) is 0 Å². The number of amides is 3. The maximum atomic E-state index is 11.5. The van der Waals surface area contributed by atoms with Gasteiger partial charge in [-0.3, -0.25) is 9.59 Å². The topological polar surface area (TPSA) is 96.5 Å². The molecule has 1 fully saturated rings. The van der Waals surface area contributed by atoms with Crippen LogP contribution in [0.25, 0.3) is 0 Å². The summed E-state index contributed by atoms with van der Waals surface area (Å²) >= 11 is 0. The monoisotopic (exact) mass is 257 g/mol. The second kappa shape index (κ2) is 6.83. The predicted molar refractivity (Wildman–Crippen MR) is 63.8 cm³/mol. The molecule has 1 saturated carbocycles. The van der Waals surface area contributed by atoms with E-state index in [4.69, 9.17) is 0 Å². The molecule has 0 aromatic carbocycles. The lowest BCUT2D eigenvalue weighted by atomic mass is 10.3. The number of hydrogen-bond acceptors (Lipinski definition) is 4. The van der Waals surface area contributed by atoms with Gasteiger partial charge in [0.2, 0.25) is 5.91 Å². The molecule has 0 radical (unpaired) electrons. The van der Waals surface area contributed by atoms with Gasteiger partial charge in [-0.15, -0.1) is 0 Å². The third-order valence-corrected chi connectivity index (χ3v) is 2.36. The van der Waals surface area contributed by atoms with Gasteiger partial charge in [0.25, 0.3) is 0 Å². The van der Waals surface area contributed by atoms with Gasteiger partial charge in [0, 0.05) is 6.04 Å². The van der Waals surface area contributed by atoms with Crippen LogP contribution in [-0.4, -0.2) is 43.1 Å². The fourth-order valence-corrected chi connectivity index (χ4v) is 1.23. The van der Waals surface area contributed by atoms with Crippen molar-refractivity contribution in [3.63, 3.8) is 0 Å². The zero-order valence-corrected chi connectivity index (χ0v) is 10.6. The maximum absolute atomic E-state index is 11.5. The van der Waals surface area contributed by atoms with Gasteiger partial charge in [0.05, 0.1) is 6.61 Å². The van der Waals surface area contributed by atoms with Gasteiger partial charge < -0.3 is 20.7 Å². The Bertz CT molecular complexity index is 328. The summed E-state index contributed by atoms with van der Waals surface area (Å²) in [6.45, 7) is 3.32. The van der Waals surface area contributed by atoms with E-state index in [1.807, 2.05) is 0 Å². The lowest BCUT2D eigenvalue weighted by Crippen LogP contribution is -2.49. The molecule has 0 aliphatic heterocycles. The molecule has 0 bridgehead atoms. The number of ether oxygens (including phenoxy) is 1. The molecule has 0 spiro atoms. The molecule has 0 heterocycles. The molecule has 1 aliphatic rings. The Hall–Kier alpha value is -1.79. The first-order valence-electron chi connectivity index (χ1n) is 6.03. The van der Waals surface area contributed by atoms with Crippen LogP contribution in [0.3, 0.4) is 0 Å². The molecule has 1 atom stereocenters. The van der Waals surface area contributed by atoms with Gasteiger partial charge in [-0.25, -0.2) is 4.79 Å². The Balaban J connectivity index is 2.17. The average molecular weight is 257 g/mol. The molecular formula is C11H19N3O4. The fraction of sp³-hybridized carbons (Fsp3) is 0.727. The van der Waals surface area contributed by atoms with Crippen molar-refractivity contribution in [1.29, 1.82) is 0 Å². The highest BCUT2D eigenvalue weighted by atomic mass is 16.5. The number of urea groups is 1. The van der Waals surface area contributed by atoms with Crippen LogP contribution in [0.5, 0.6) is 0 Å². The molecule has 3 N–H and O–H groups in total. The zero-order chi connectivity index (χ0) is 13.5. The van der Waals surface area contributed by atoms with Gasteiger partial charge in [-0.05, 0) is 26.7 Å². The van der Waals surface area contributed by atoms with Gasteiger partial charge in [-0.1, -0.05) is 0 Å². The standard InChI is InChI=1S/C11H19N3O4/c1-3-18-9(15)6-12-11(17)13-7(2)10(16)14-8-4-5-8/h7-8H,3-6H2,1-2H3,(H,14,16)(H2,12,13,17). The van der Waals surface area contributed by atoms with Crippen LogP contribution in [0.4, 0.5) is 4.79 Å². The van der Waals surface area contributed by atoms with Crippen LogP contribution >= 0.6 is 0 Å². The Morgan fingerprint density at radius 3 is 2.56 bits per heavy atom. The van der Waals surface area contributed by atoms with Gasteiger partial charge >= 0.3 is 12.0 Å². The van der Waals surface area contributed by atoms with E-state index in [0.717, 1.165) is 12.8 Å². The molecule has 7 nitrogen and oxygen atoms in total. The van der Waals surface area contributed by atoms with Crippen LogP contribution in [-0.2, 0) is 14.3 Å². The van der Waals surface area contributed by atoms with Gasteiger partial charge in [0.15, 0.2) is 0 Å². The number of carbonyl (C=O) groups is 3. The summed E-state index contributed by atoms with van der Waals surface area (Å²) in [5.74, 6) is -0.730. The summed E-state index contributed by atoms with van der Waals surface area (Å²) in [5.41, 5.74) is 0. The number of rotatable bonds is 6. The molecule has 1 aliphatic carbocycles. The van der Waals surface area contributed by atoms with Crippen LogP contribution in [0.15, 0.2) is 0 Å². The largest absolute Gasteiger partial charge is 0.465 e. The molecule has 102 valence electrons. The van der Waals surface area contributed by atoms with E-state index >= 15 is 0 Å². The molecule has 18 heavy (non-hydrogen) atoms. The number of carbonyl (C=O) groups excluding carboxylic acids is 3. The third kappa shape index (κ3) is 5.51. The van der Waals surface area contributed by atoms with Crippen molar-refractivity contribution in [3.05, 3.63) is 0 Å². The Labute approximate surface area is 106 Å². The first kappa shape index (κ1) is 14.3. The van der Waals surface area contributed by atoms with Crippen LogP contribution in [0.1, 0.15) is 26.7 Å². The first-order valence-corrected chi connectivity index (χ1v) is 6.03. The minimum atomic E-state index is -0.632. The molecule has 0 saturated heterocycles. The van der Waals surface area contributed by atoms with Crippen molar-refractivity contribution in [2.24, 2.45) is 0 Å². The van der Waals surface area contributed by atoms with Crippen LogP contribution < -0.4 is 16.0 Å². The van der Waals surface area contributed by atoms with Gasteiger partial charge in [-0.2, -0.15) is 0 Å². The van der Waals surface area contributed by atoms with Crippen molar-refractivity contribution in [2.75, 3.05) is 13.2 Å². The minimum absolute atomic E-state index is 0.212. The second-order valence-corrected chi connectivity index (χ2v) is 4.14. The minimum Gasteiger partial charge on any atom is -0.465 e. The highest BCUT2D eigenvalue weighted by Gasteiger charge is 2.26. The maximum Gasteiger partial charge on any atom is 0.325 e. The summed E-state index contributed by atoms with van der Waals surface area (Å²) in [6.07, 6.45) is 1.99. The first-order chi connectivity index (χ1) is 8.52. The normalized spacial score (nSPS) is 15.4. The van der Waals surface area contributed by atoms with Gasteiger partial charge in [0.1, 0.15) is 12.6 Å². The predicted octanol–water partition coefficient (Wildman–Crippen LogP) is -0.484. The summed E-state index contributed by atoms with van der Waals surface area (Å²) in [4.78, 5) is 33.9. The Kier molecular flexibility index (Phi) is 5.41. The average Bonchev–Trinajstić information content (AvgIpc) is 3.10. The fourth-order valence-electron chi connectivity index (χ4n) is 1.23. The van der Waals surface area contributed by atoms with E-state index in [2.05, 4.69) is 20.7 Å². The molecular weight excluding hydrogens is 238 g/mol. The highest BCUT2D eigenvalue weighted by Crippen LogP contribution is 2.18. The number of nitrogens with one attached hydrogen (secondary N) is 3. The zero-order valence-electron chi connectivity index (χ0n) is 10.6. The van der Waals surface area contributed by atoms with E-state index in [1.54, 1.807) is 13.8 Å². The van der Waals surface area contributed by atoms with Crippen molar-refractivity contribution in [1.82, 2.24) is 16.0 Å². The molecule has 0 aromatic heterocycles. The summed E-state index contributed by atoms with van der Waals surface area (Å²) in [7, 11) is 0. The molecule has 7 heteroatoms. The number of esters is 1. The molecule has 0 aromatic rings. The van der Waals surface area contributed by atoms with Crippen molar-refractivity contribution < 1.29 is 19.1 Å². The van der Waals surface area contributed by atoms with Crippen molar-refractivity contribution >= 4 is 17.9 Å². The smallest absolute Gasteiger partial charge is 0.325 e. The summed E-state index contributed by atoms with van der Waals surface area (Å²) < 4.78 is 4.64. The Morgan fingerprint density at radius 1 is 1.33 bits per heavy atom. The van der Waals surface area contributed by atoms with E-state index in [0.29, 0.717) is 0 Å². The van der Waals surface area contributed by atoms with Crippen molar-refractivity contribution in [2.45, 2.75) is 38.8 Å². The second-order valence-electron chi connectivity index (χ2n) is 4.14. The van der Waals surface area contributed by atoms with Crippen LogP contribution in [0, 0.1) is 0 Å². The highest BCUT2D eigenvalue weighted by molar-refractivity contribution is 5.88. The van der Waals surface area contributed by atoms with E-state index in [-0.39, 0.29) is 25.1 Å². The number of hydrogen-bond donors (Lipinski definition) is 3. The lowest BCUT2D eigenvalue weighted by molar-refractivity contribution is -0.141. The third-order valence-electron chi connectivity index (χ3n) is 2.36. The van der Waals surface area contributed by atoms with Crippen LogP contribution in [0.2, 0.25) is 0 Å². The SMILES string of the molecule is CCOC(=O)CNC(=O)NC(C)C(=O)NC1CC1. The quantitative estimate of drug-likeness (QED) is 0.560. The van der Waals surface area contributed by atoms with Crippen molar-refractivity contribution in [3.8, 4) is 0 Å². The molecule has 1 unspecified atom stereocenters. The summed E-state index contributed by atoms with van der Waals surface area (Å²) in [6, 6.07) is -0.946.